The van der Waals surface area contributed by atoms with E-state index in [0.717, 1.165) is 30.2 Å². The minimum absolute atomic E-state index is 0.0743. The van der Waals surface area contributed by atoms with Gasteiger partial charge < -0.3 is 19.4 Å². The van der Waals surface area contributed by atoms with Gasteiger partial charge in [0.1, 0.15) is 12.4 Å². The molecule has 4 rings (SSSR count). The zero-order valence-electron chi connectivity index (χ0n) is 16.5. The molecule has 0 radical (unpaired) electrons. The van der Waals surface area contributed by atoms with Crippen LogP contribution in [0.2, 0.25) is 0 Å². The lowest BCUT2D eigenvalue weighted by Crippen LogP contribution is -3.11. The van der Waals surface area contributed by atoms with Gasteiger partial charge in [-0.1, -0.05) is 30.3 Å². The van der Waals surface area contributed by atoms with Gasteiger partial charge in [0, 0.05) is 18.4 Å². The first-order chi connectivity index (χ1) is 14.3. The van der Waals surface area contributed by atoms with Gasteiger partial charge in [0.25, 0.3) is 5.91 Å². The summed E-state index contributed by atoms with van der Waals surface area (Å²) in [6.45, 7) is 3.31. The average Bonchev–Trinajstić information content (AvgIpc) is 3.48. The van der Waals surface area contributed by atoms with Crippen LogP contribution >= 0.6 is 0 Å². The van der Waals surface area contributed by atoms with E-state index in [9.17, 15) is 4.79 Å². The first-order valence-electron chi connectivity index (χ1n) is 10.2. The van der Waals surface area contributed by atoms with Crippen LogP contribution in [0.25, 0.3) is 0 Å². The molecule has 29 heavy (non-hydrogen) atoms. The van der Waals surface area contributed by atoms with Gasteiger partial charge in [0.2, 0.25) is 0 Å². The van der Waals surface area contributed by atoms with E-state index in [-0.39, 0.29) is 11.9 Å². The third-order valence-corrected chi connectivity index (χ3v) is 5.46. The van der Waals surface area contributed by atoms with Crippen LogP contribution in [-0.2, 0) is 6.61 Å². The van der Waals surface area contributed by atoms with Crippen LogP contribution < -0.4 is 15.0 Å². The standard InChI is InChI=1S/C24H26N2O3/c27-24(25-17-22(23-9-6-16-28-23)26-14-4-5-15-26)20-10-12-21(13-11-20)29-18-19-7-2-1-3-8-19/h1-3,6-13,16,22H,4-5,14-15,17-18H2,(H,25,27)/p+1/t22-/m0/s1. The van der Waals surface area contributed by atoms with Crippen molar-refractivity contribution in [3.8, 4) is 5.75 Å². The Hall–Kier alpha value is -3.05. The lowest BCUT2D eigenvalue weighted by atomic mass is 10.1. The highest BCUT2D eigenvalue weighted by molar-refractivity contribution is 5.94. The molecule has 0 saturated carbocycles. The molecule has 1 fully saturated rings. The summed E-state index contributed by atoms with van der Waals surface area (Å²) in [5.41, 5.74) is 1.74. The van der Waals surface area contributed by atoms with E-state index in [1.165, 1.54) is 17.7 Å². The Bertz CT molecular complexity index is 886. The number of quaternary nitrogens is 1. The summed E-state index contributed by atoms with van der Waals surface area (Å²) >= 11 is 0. The van der Waals surface area contributed by atoms with Crippen molar-refractivity contribution in [1.29, 1.82) is 0 Å². The number of nitrogens with one attached hydrogen (secondary N) is 2. The van der Waals surface area contributed by atoms with Crippen molar-refractivity contribution in [3.05, 3.63) is 89.9 Å². The van der Waals surface area contributed by atoms with Crippen LogP contribution in [0.3, 0.4) is 0 Å². The number of carbonyl (C=O) groups is 1. The number of furan rings is 1. The van der Waals surface area contributed by atoms with Crippen LogP contribution in [0.4, 0.5) is 0 Å². The van der Waals surface area contributed by atoms with Crippen LogP contribution in [0.5, 0.6) is 5.75 Å². The van der Waals surface area contributed by atoms with Crippen molar-refractivity contribution >= 4 is 5.91 Å². The maximum Gasteiger partial charge on any atom is 0.251 e. The monoisotopic (exact) mass is 391 g/mol. The fourth-order valence-electron chi connectivity index (χ4n) is 3.85. The van der Waals surface area contributed by atoms with Crippen molar-refractivity contribution in [2.24, 2.45) is 0 Å². The number of amides is 1. The van der Waals surface area contributed by atoms with Crippen LogP contribution in [0, 0.1) is 0 Å². The van der Waals surface area contributed by atoms with Gasteiger partial charge in [-0.25, -0.2) is 0 Å². The first kappa shape index (κ1) is 19.3. The second-order valence-electron chi connectivity index (χ2n) is 7.44. The Morgan fingerprint density at radius 2 is 1.76 bits per heavy atom. The lowest BCUT2D eigenvalue weighted by Gasteiger charge is -2.23. The molecule has 0 spiro atoms. The molecule has 1 aromatic heterocycles. The van der Waals surface area contributed by atoms with E-state index in [1.54, 1.807) is 18.4 Å². The largest absolute Gasteiger partial charge is 0.489 e. The maximum absolute atomic E-state index is 12.6. The minimum Gasteiger partial charge on any atom is -0.489 e. The second-order valence-corrected chi connectivity index (χ2v) is 7.44. The van der Waals surface area contributed by atoms with Crippen molar-refractivity contribution in [1.82, 2.24) is 5.32 Å². The van der Waals surface area contributed by atoms with E-state index >= 15 is 0 Å². The Morgan fingerprint density at radius 1 is 1.00 bits per heavy atom. The highest BCUT2D eigenvalue weighted by Gasteiger charge is 2.29. The molecule has 2 heterocycles. The van der Waals surface area contributed by atoms with Gasteiger partial charge in [-0.2, -0.15) is 0 Å². The van der Waals surface area contributed by atoms with E-state index in [4.69, 9.17) is 9.15 Å². The summed E-state index contributed by atoms with van der Waals surface area (Å²) in [4.78, 5) is 14.1. The number of hydrogen-bond donors (Lipinski definition) is 2. The predicted octanol–water partition coefficient (Wildman–Crippen LogP) is 3.01. The maximum atomic E-state index is 12.6. The third-order valence-electron chi connectivity index (χ3n) is 5.46. The Balaban J connectivity index is 1.33. The minimum atomic E-state index is -0.0743. The predicted molar refractivity (Wildman–Crippen MR) is 111 cm³/mol. The average molecular weight is 391 g/mol. The van der Waals surface area contributed by atoms with Gasteiger partial charge in [-0.15, -0.1) is 0 Å². The van der Waals surface area contributed by atoms with E-state index in [2.05, 4.69) is 5.32 Å². The normalized spacial score (nSPS) is 15.2. The smallest absolute Gasteiger partial charge is 0.251 e. The van der Waals surface area contributed by atoms with Crippen molar-refractivity contribution in [2.75, 3.05) is 19.6 Å². The number of hydrogen-bond acceptors (Lipinski definition) is 3. The molecule has 150 valence electrons. The molecule has 1 aliphatic heterocycles. The van der Waals surface area contributed by atoms with Crippen LogP contribution in [-0.4, -0.2) is 25.5 Å². The molecule has 2 aromatic carbocycles. The molecule has 0 aliphatic carbocycles. The number of likely N-dealkylation sites (tertiary alicyclic amines) is 1. The topological polar surface area (TPSA) is 55.9 Å². The second kappa shape index (κ2) is 9.43. The van der Waals surface area contributed by atoms with E-state index in [1.807, 2.05) is 54.6 Å². The van der Waals surface area contributed by atoms with Gasteiger partial charge in [0.15, 0.2) is 11.8 Å². The molecule has 1 saturated heterocycles. The van der Waals surface area contributed by atoms with Crippen molar-refractivity contribution in [3.63, 3.8) is 0 Å². The fourth-order valence-corrected chi connectivity index (χ4v) is 3.85. The number of carbonyl (C=O) groups excluding carboxylic acids is 1. The van der Waals surface area contributed by atoms with E-state index in [0.29, 0.717) is 18.7 Å². The molecule has 1 aliphatic rings. The first-order valence-corrected chi connectivity index (χ1v) is 10.2. The molecule has 5 nitrogen and oxygen atoms in total. The molecule has 0 bridgehead atoms. The SMILES string of the molecule is O=C(NC[C@@H](c1ccco1)[NH+]1CCCC1)c1ccc(OCc2ccccc2)cc1. The molecule has 1 amide bonds. The number of ether oxygens (including phenoxy) is 1. The van der Waals surface area contributed by atoms with Gasteiger partial charge >= 0.3 is 0 Å². The van der Waals surface area contributed by atoms with Gasteiger partial charge in [0.05, 0.1) is 25.9 Å². The summed E-state index contributed by atoms with van der Waals surface area (Å²) in [5.74, 6) is 1.61. The quantitative estimate of drug-likeness (QED) is 0.621. The molecule has 3 aromatic rings. The molecular formula is C24H27N2O3+. The molecule has 5 heteroatoms. The Kier molecular flexibility index (Phi) is 6.27. The third kappa shape index (κ3) is 5.06. The summed E-state index contributed by atoms with van der Waals surface area (Å²) in [5, 5.41) is 3.08. The number of rotatable bonds is 8. The number of benzene rings is 2. The molecular weight excluding hydrogens is 364 g/mol. The van der Waals surface area contributed by atoms with Crippen molar-refractivity contribution < 1.29 is 18.8 Å². The highest BCUT2D eigenvalue weighted by atomic mass is 16.5. The summed E-state index contributed by atoms with van der Waals surface area (Å²) in [7, 11) is 0. The van der Waals surface area contributed by atoms with Gasteiger partial charge in [-0.3, -0.25) is 4.79 Å². The Morgan fingerprint density at radius 3 is 2.45 bits per heavy atom. The van der Waals surface area contributed by atoms with Gasteiger partial charge in [-0.05, 0) is 42.0 Å². The molecule has 0 unspecified atom stereocenters. The summed E-state index contributed by atoms with van der Waals surface area (Å²) in [6.07, 6.45) is 4.16. The van der Waals surface area contributed by atoms with Crippen molar-refractivity contribution in [2.45, 2.75) is 25.5 Å². The Labute approximate surface area is 171 Å². The molecule has 2 N–H and O–H groups in total. The van der Waals surface area contributed by atoms with E-state index < -0.39 is 0 Å². The highest BCUT2D eigenvalue weighted by Crippen LogP contribution is 2.15. The van der Waals surface area contributed by atoms with Crippen LogP contribution in [0.15, 0.2) is 77.4 Å². The van der Waals surface area contributed by atoms with Crippen LogP contribution in [0.1, 0.15) is 40.6 Å². The fraction of sp³-hybridized carbons (Fsp3) is 0.292. The molecule has 1 atom stereocenters. The zero-order valence-corrected chi connectivity index (χ0v) is 16.5. The zero-order chi connectivity index (χ0) is 19.9. The lowest BCUT2D eigenvalue weighted by molar-refractivity contribution is -0.919. The summed E-state index contributed by atoms with van der Waals surface area (Å²) in [6, 6.07) is 21.4. The summed E-state index contributed by atoms with van der Waals surface area (Å²) < 4.78 is 11.4.